The van der Waals surface area contributed by atoms with Crippen molar-refractivity contribution in [2.75, 3.05) is 13.2 Å². The van der Waals surface area contributed by atoms with Crippen molar-refractivity contribution in [3.05, 3.63) is 35.4 Å². The first-order valence-electron chi connectivity index (χ1n) is 10.3. The molecule has 26 heavy (non-hydrogen) atoms. The van der Waals surface area contributed by atoms with Crippen molar-refractivity contribution >= 4 is 5.91 Å². The molecule has 1 aliphatic heterocycles. The molecule has 0 spiro atoms. The van der Waals surface area contributed by atoms with Gasteiger partial charge in [-0.05, 0) is 68.4 Å². The molecule has 142 valence electrons. The second kappa shape index (κ2) is 7.32. The molecule has 4 rings (SSSR count). The number of carbonyl (C=O) groups is 1. The van der Waals surface area contributed by atoms with Gasteiger partial charge in [-0.1, -0.05) is 30.7 Å². The number of fused-ring (bicyclic) bond motifs is 2. The molecular weight excluding hydrogens is 324 g/mol. The summed E-state index contributed by atoms with van der Waals surface area (Å²) in [7, 11) is 0. The molecule has 0 aromatic heterocycles. The third-order valence-electron chi connectivity index (χ3n) is 7.12. The monoisotopic (exact) mass is 356 g/mol. The van der Waals surface area contributed by atoms with Crippen molar-refractivity contribution in [2.45, 2.75) is 69.4 Å². The fourth-order valence-corrected chi connectivity index (χ4v) is 5.76. The summed E-state index contributed by atoms with van der Waals surface area (Å²) in [5, 5.41) is 3.53. The van der Waals surface area contributed by atoms with Crippen LogP contribution in [0, 0.1) is 18.8 Å². The van der Waals surface area contributed by atoms with Crippen molar-refractivity contribution in [2.24, 2.45) is 17.6 Å². The van der Waals surface area contributed by atoms with Crippen LogP contribution in [-0.2, 0) is 14.9 Å². The summed E-state index contributed by atoms with van der Waals surface area (Å²) in [6.07, 6.45) is 7.34. The summed E-state index contributed by atoms with van der Waals surface area (Å²) in [5.41, 5.74) is 8.20. The third-order valence-corrected chi connectivity index (χ3v) is 7.12. The van der Waals surface area contributed by atoms with Crippen LogP contribution < -0.4 is 11.1 Å². The van der Waals surface area contributed by atoms with E-state index in [4.69, 9.17) is 10.5 Å². The van der Waals surface area contributed by atoms with E-state index in [1.54, 1.807) is 0 Å². The molecule has 3 fully saturated rings. The van der Waals surface area contributed by atoms with Crippen molar-refractivity contribution in [1.82, 2.24) is 5.32 Å². The Morgan fingerprint density at radius 2 is 1.81 bits per heavy atom. The average molecular weight is 357 g/mol. The Morgan fingerprint density at radius 1 is 1.15 bits per heavy atom. The molecule has 2 bridgehead atoms. The molecule has 4 heteroatoms. The van der Waals surface area contributed by atoms with Crippen LogP contribution in [0.5, 0.6) is 0 Å². The van der Waals surface area contributed by atoms with E-state index in [9.17, 15) is 4.79 Å². The first kappa shape index (κ1) is 18.0. The number of ether oxygens (including phenoxy) is 1. The quantitative estimate of drug-likeness (QED) is 0.875. The predicted molar refractivity (Wildman–Crippen MR) is 103 cm³/mol. The van der Waals surface area contributed by atoms with Crippen LogP contribution >= 0.6 is 0 Å². The van der Waals surface area contributed by atoms with Crippen LogP contribution in [-0.4, -0.2) is 31.2 Å². The molecule has 3 N–H and O–H groups in total. The summed E-state index contributed by atoms with van der Waals surface area (Å²) < 4.78 is 5.62. The Kier molecular flexibility index (Phi) is 5.07. The van der Waals surface area contributed by atoms with Crippen molar-refractivity contribution in [1.29, 1.82) is 0 Å². The minimum Gasteiger partial charge on any atom is -0.381 e. The summed E-state index contributed by atoms with van der Waals surface area (Å²) in [6.45, 7) is 3.43. The van der Waals surface area contributed by atoms with Crippen LogP contribution in [0.2, 0.25) is 0 Å². The third kappa shape index (κ3) is 3.18. The van der Waals surface area contributed by atoms with E-state index in [0.717, 1.165) is 25.7 Å². The van der Waals surface area contributed by atoms with E-state index >= 15 is 0 Å². The smallest absolute Gasteiger partial charge is 0.231 e. The van der Waals surface area contributed by atoms with Gasteiger partial charge in [0, 0.05) is 25.3 Å². The SMILES string of the molecule is Cc1ccccc1C1(C(=O)NC2C3CCCC2CC(N)C3)CCOCC1. The number of rotatable bonds is 3. The number of nitrogens with two attached hydrogens (primary N) is 1. The fourth-order valence-electron chi connectivity index (χ4n) is 5.76. The van der Waals surface area contributed by atoms with Crippen LogP contribution in [0.4, 0.5) is 0 Å². The Hall–Kier alpha value is -1.39. The van der Waals surface area contributed by atoms with Gasteiger partial charge in [-0.3, -0.25) is 4.79 Å². The zero-order valence-electron chi connectivity index (χ0n) is 15.9. The van der Waals surface area contributed by atoms with Crippen molar-refractivity contribution < 1.29 is 9.53 Å². The zero-order valence-corrected chi connectivity index (χ0v) is 15.9. The van der Waals surface area contributed by atoms with Gasteiger partial charge in [0.15, 0.2) is 0 Å². The topological polar surface area (TPSA) is 64.4 Å². The van der Waals surface area contributed by atoms with Crippen LogP contribution in [0.25, 0.3) is 0 Å². The molecule has 1 amide bonds. The van der Waals surface area contributed by atoms with Gasteiger partial charge in [-0.15, -0.1) is 0 Å². The molecule has 4 nitrogen and oxygen atoms in total. The van der Waals surface area contributed by atoms with E-state index in [1.807, 2.05) is 0 Å². The second-order valence-corrected chi connectivity index (χ2v) is 8.69. The largest absolute Gasteiger partial charge is 0.381 e. The summed E-state index contributed by atoms with van der Waals surface area (Å²) in [5.74, 6) is 1.32. The molecule has 1 heterocycles. The van der Waals surface area contributed by atoms with Gasteiger partial charge in [-0.25, -0.2) is 0 Å². The van der Waals surface area contributed by atoms with E-state index in [2.05, 4.69) is 36.5 Å². The Balaban J connectivity index is 1.61. The average Bonchev–Trinajstić information content (AvgIpc) is 2.63. The van der Waals surface area contributed by atoms with E-state index in [1.165, 1.54) is 30.4 Å². The highest BCUT2D eigenvalue weighted by Gasteiger charge is 2.46. The first-order chi connectivity index (χ1) is 12.6. The number of carbonyl (C=O) groups excluding carboxylic acids is 1. The molecule has 2 unspecified atom stereocenters. The van der Waals surface area contributed by atoms with Gasteiger partial charge in [0.25, 0.3) is 0 Å². The lowest BCUT2D eigenvalue weighted by molar-refractivity contribution is -0.133. The number of aryl methyl sites for hydroxylation is 1. The van der Waals surface area contributed by atoms with Crippen LogP contribution in [0.15, 0.2) is 24.3 Å². The highest BCUT2D eigenvalue weighted by Crippen LogP contribution is 2.42. The maximum absolute atomic E-state index is 13.7. The molecule has 1 aromatic rings. The highest BCUT2D eigenvalue weighted by molar-refractivity contribution is 5.89. The first-order valence-corrected chi connectivity index (χ1v) is 10.3. The Labute approximate surface area is 156 Å². The predicted octanol–water partition coefficient (Wildman–Crippen LogP) is 3.07. The molecule has 2 atom stereocenters. The second-order valence-electron chi connectivity index (χ2n) is 8.69. The lowest BCUT2D eigenvalue weighted by Crippen LogP contribution is -2.58. The summed E-state index contributed by atoms with van der Waals surface area (Å²) >= 11 is 0. The molecule has 0 radical (unpaired) electrons. The number of amides is 1. The van der Waals surface area contributed by atoms with Gasteiger partial charge in [0.2, 0.25) is 5.91 Å². The molecule has 3 aliphatic rings. The van der Waals surface area contributed by atoms with E-state index < -0.39 is 5.41 Å². The Morgan fingerprint density at radius 3 is 2.46 bits per heavy atom. The molecule has 2 aliphatic carbocycles. The van der Waals surface area contributed by atoms with Crippen LogP contribution in [0.3, 0.4) is 0 Å². The highest BCUT2D eigenvalue weighted by atomic mass is 16.5. The van der Waals surface area contributed by atoms with Gasteiger partial charge in [-0.2, -0.15) is 0 Å². The van der Waals surface area contributed by atoms with Gasteiger partial charge in [0.05, 0.1) is 5.41 Å². The van der Waals surface area contributed by atoms with Gasteiger partial charge in [0.1, 0.15) is 0 Å². The van der Waals surface area contributed by atoms with Gasteiger partial charge >= 0.3 is 0 Å². The fraction of sp³-hybridized carbons (Fsp3) is 0.682. The normalized spacial score (nSPS) is 33.5. The number of nitrogens with one attached hydrogen (secondary N) is 1. The number of hydrogen-bond acceptors (Lipinski definition) is 3. The lowest BCUT2D eigenvalue weighted by atomic mass is 9.66. The standard InChI is InChI=1S/C22H32N2O2/c1-15-5-2-3-8-19(15)22(9-11-26-12-10-22)21(25)24-20-16-6-4-7-17(20)14-18(23)13-16/h2-3,5,8,16-18,20H,4,6-7,9-14,23H2,1H3,(H,24,25). The number of hydrogen-bond donors (Lipinski definition) is 2. The molecular formula is C22H32N2O2. The zero-order chi connectivity index (χ0) is 18.1. The summed E-state index contributed by atoms with van der Waals surface area (Å²) in [6, 6.07) is 8.98. The maximum Gasteiger partial charge on any atom is 0.231 e. The van der Waals surface area contributed by atoms with Crippen molar-refractivity contribution in [3.8, 4) is 0 Å². The minimum atomic E-state index is -0.447. The van der Waals surface area contributed by atoms with E-state index in [-0.39, 0.29) is 5.91 Å². The lowest BCUT2D eigenvalue weighted by Gasteiger charge is -2.47. The Bertz CT molecular complexity index is 639. The van der Waals surface area contributed by atoms with Gasteiger partial charge < -0.3 is 15.8 Å². The summed E-state index contributed by atoms with van der Waals surface area (Å²) in [4.78, 5) is 13.7. The van der Waals surface area contributed by atoms with E-state index in [0.29, 0.717) is 37.1 Å². The molecule has 1 saturated heterocycles. The minimum absolute atomic E-state index is 0.215. The molecule has 1 aromatic carbocycles. The molecule has 2 saturated carbocycles. The van der Waals surface area contributed by atoms with Crippen molar-refractivity contribution in [3.63, 3.8) is 0 Å². The number of benzene rings is 1. The maximum atomic E-state index is 13.7. The van der Waals surface area contributed by atoms with Crippen LogP contribution in [0.1, 0.15) is 56.1 Å².